The fraction of sp³-hybridized carbons (Fsp3) is 0.615. The van der Waals surface area contributed by atoms with E-state index in [1.165, 1.54) is 25.7 Å². The first kappa shape index (κ1) is 10.5. The zero-order valence-electron chi connectivity index (χ0n) is 9.66. The topological polar surface area (TPSA) is 24.9 Å². The number of nitrogens with zero attached hydrogens (tertiary/aromatic N) is 1. The average molecular weight is 204 g/mol. The Bertz CT molecular complexity index is 318. The second kappa shape index (κ2) is 4.65. The number of aromatic nitrogens is 1. The highest BCUT2D eigenvalue weighted by Crippen LogP contribution is 2.30. The van der Waals surface area contributed by atoms with E-state index in [1.807, 2.05) is 19.1 Å². The lowest BCUT2D eigenvalue weighted by Gasteiger charge is -2.28. The first-order valence-corrected chi connectivity index (χ1v) is 5.94. The van der Waals surface area contributed by atoms with Crippen LogP contribution in [-0.2, 0) is 0 Å². The molecule has 1 aromatic rings. The molecule has 1 saturated carbocycles. The highest BCUT2D eigenvalue weighted by molar-refractivity contribution is 5.35. The van der Waals surface area contributed by atoms with Crippen molar-refractivity contribution in [2.24, 2.45) is 5.92 Å². The maximum Gasteiger partial charge on any atom is 0.126 e. The molecule has 0 saturated heterocycles. The molecule has 1 unspecified atom stereocenters. The van der Waals surface area contributed by atoms with E-state index in [2.05, 4.69) is 23.3 Å². The summed E-state index contributed by atoms with van der Waals surface area (Å²) < 4.78 is 0. The third kappa shape index (κ3) is 2.95. The monoisotopic (exact) mass is 204 g/mol. The van der Waals surface area contributed by atoms with Gasteiger partial charge in [-0.05, 0) is 38.3 Å². The van der Waals surface area contributed by atoms with Gasteiger partial charge in [-0.1, -0.05) is 25.3 Å². The van der Waals surface area contributed by atoms with Crippen molar-refractivity contribution in [1.82, 2.24) is 4.98 Å². The Morgan fingerprint density at radius 3 is 2.87 bits per heavy atom. The van der Waals surface area contributed by atoms with Crippen molar-refractivity contribution in [3.05, 3.63) is 23.9 Å². The first-order chi connectivity index (χ1) is 7.24. The van der Waals surface area contributed by atoms with Crippen molar-refractivity contribution >= 4 is 5.82 Å². The Kier molecular flexibility index (Phi) is 3.24. The summed E-state index contributed by atoms with van der Waals surface area (Å²) in [6.07, 6.45) is 5.57. The molecule has 0 aliphatic heterocycles. The largest absolute Gasteiger partial charge is 0.368 e. The average Bonchev–Trinajstić information content (AvgIpc) is 2.11. The maximum atomic E-state index is 4.45. The fourth-order valence-corrected chi connectivity index (χ4v) is 2.16. The Labute approximate surface area is 92.1 Å². The van der Waals surface area contributed by atoms with Crippen LogP contribution in [0.2, 0.25) is 0 Å². The van der Waals surface area contributed by atoms with Crippen LogP contribution in [0.25, 0.3) is 0 Å². The summed E-state index contributed by atoms with van der Waals surface area (Å²) in [7, 11) is 0. The highest BCUT2D eigenvalue weighted by atomic mass is 15.0. The molecular weight excluding hydrogens is 184 g/mol. The van der Waals surface area contributed by atoms with Gasteiger partial charge in [0.1, 0.15) is 5.82 Å². The number of hydrogen-bond acceptors (Lipinski definition) is 2. The molecule has 82 valence electrons. The van der Waals surface area contributed by atoms with Gasteiger partial charge in [0, 0.05) is 11.7 Å². The molecule has 1 aliphatic carbocycles. The van der Waals surface area contributed by atoms with E-state index >= 15 is 0 Å². The van der Waals surface area contributed by atoms with Crippen molar-refractivity contribution in [2.45, 2.75) is 45.6 Å². The summed E-state index contributed by atoms with van der Waals surface area (Å²) in [5.74, 6) is 1.97. The first-order valence-electron chi connectivity index (χ1n) is 5.94. The minimum Gasteiger partial charge on any atom is -0.368 e. The van der Waals surface area contributed by atoms with Gasteiger partial charge in [-0.3, -0.25) is 0 Å². The number of nitrogens with one attached hydrogen (secondary N) is 1. The zero-order valence-corrected chi connectivity index (χ0v) is 9.66. The minimum absolute atomic E-state index is 0.546. The van der Waals surface area contributed by atoms with E-state index in [9.17, 15) is 0 Å². The number of rotatable bonds is 4. The smallest absolute Gasteiger partial charge is 0.126 e. The molecule has 15 heavy (non-hydrogen) atoms. The van der Waals surface area contributed by atoms with Gasteiger partial charge in [0.15, 0.2) is 0 Å². The summed E-state index contributed by atoms with van der Waals surface area (Å²) in [5.41, 5.74) is 1.08. The van der Waals surface area contributed by atoms with Crippen molar-refractivity contribution in [1.29, 1.82) is 0 Å². The summed E-state index contributed by atoms with van der Waals surface area (Å²) in [4.78, 5) is 4.45. The lowest BCUT2D eigenvalue weighted by atomic mass is 9.81. The van der Waals surface area contributed by atoms with Crippen LogP contribution in [0.15, 0.2) is 18.2 Å². The van der Waals surface area contributed by atoms with Crippen molar-refractivity contribution in [2.75, 3.05) is 5.32 Å². The van der Waals surface area contributed by atoms with E-state index in [0.717, 1.165) is 17.4 Å². The number of pyridine rings is 1. The van der Waals surface area contributed by atoms with E-state index < -0.39 is 0 Å². The summed E-state index contributed by atoms with van der Waals surface area (Å²) in [6.45, 7) is 4.28. The van der Waals surface area contributed by atoms with E-state index in [-0.39, 0.29) is 0 Å². The second-order valence-electron chi connectivity index (χ2n) is 4.74. The lowest BCUT2D eigenvalue weighted by molar-refractivity contribution is 0.285. The third-order valence-corrected chi connectivity index (χ3v) is 3.19. The van der Waals surface area contributed by atoms with Crippen LogP contribution in [0.3, 0.4) is 0 Å². The molecule has 2 heteroatoms. The highest BCUT2D eigenvalue weighted by Gasteiger charge is 2.19. The van der Waals surface area contributed by atoms with Gasteiger partial charge < -0.3 is 5.32 Å². The Morgan fingerprint density at radius 2 is 2.27 bits per heavy atom. The number of aryl methyl sites for hydroxylation is 1. The van der Waals surface area contributed by atoms with Crippen molar-refractivity contribution < 1.29 is 0 Å². The third-order valence-electron chi connectivity index (χ3n) is 3.19. The molecule has 0 amide bonds. The Morgan fingerprint density at radius 1 is 1.47 bits per heavy atom. The molecule has 1 N–H and O–H groups in total. The van der Waals surface area contributed by atoms with Crippen LogP contribution in [0.4, 0.5) is 5.82 Å². The van der Waals surface area contributed by atoms with Gasteiger partial charge in [-0.15, -0.1) is 0 Å². The number of anilines is 1. The van der Waals surface area contributed by atoms with Gasteiger partial charge in [0.05, 0.1) is 0 Å². The molecule has 1 atom stereocenters. The van der Waals surface area contributed by atoms with Crippen molar-refractivity contribution in [3.63, 3.8) is 0 Å². The standard InChI is InChI=1S/C13H20N2/c1-10-5-3-8-13(14-10)15-11(2)9-12-6-4-7-12/h3,5,8,11-12H,4,6-7,9H2,1-2H3,(H,14,15). The van der Waals surface area contributed by atoms with Gasteiger partial charge in [0.2, 0.25) is 0 Å². The van der Waals surface area contributed by atoms with Crippen LogP contribution < -0.4 is 5.32 Å². The Balaban J connectivity index is 1.84. The van der Waals surface area contributed by atoms with E-state index in [0.29, 0.717) is 6.04 Å². The van der Waals surface area contributed by atoms with Crippen LogP contribution in [-0.4, -0.2) is 11.0 Å². The normalized spacial score (nSPS) is 18.3. The molecule has 1 aliphatic rings. The predicted molar refractivity (Wildman–Crippen MR) is 64.0 cm³/mol. The van der Waals surface area contributed by atoms with Gasteiger partial charge in [-0.25, -0.2) is 4.98 Å². The Hall–Kier alpha value is -1.05. The quantitative estimate of drug-likeness (QED) is 0.813. The molecule has 1 fully saturated rings. The van der Waals surface area contributed by atoms with Crippen LogP contribution in [0, 0.1) is 12.8 Å². The van der Waals surface area contributed by atoms with E-state index in [4.69, 9.17) is 0 Å². The van der Waals surface area contributed by atoms with Crippen LogP contribution >= 0.6 is 0 Å². The van der Waals surface area contributed by atoms with Gasteiger partial charge >= 0.3 is 0 Å². The maximum absolute atomic E-state index is 4.45. The predicted octanol–water partition coefficient (Wildman–Crippen LogP) is 3.38. The van der Waals surface area contributed by atoms with Crippen molar-refractivity contribution in [3.8, 4) is 0 Å². The molecule has 0 bridgehead atoms. The van der Waals surface area contributed by atoms with Gasteiger partial charge in [-0.2, -0.15) is 0 Å². The molecule has 0 aromatic carbocycles. The molecule has 1 aromatic heterocycles. The lowest BCUT2D eigenvalue weighted by Crippen LogP contribution is -2.23. The van der Waals surface area contributed by atoms with Gasteiger partial charge in [0.25, 0.3) is 0 Å². The van der Waals surface area contributed by atoms with Crippen LogP contribution in [0.5, 0.6) is 0 Å². The molecule has 0 spiro atoms. The molecule has 2 nitrogen and oxygen atoms in total. The summed E-state index contributed by atoms with van der Waals surface area (Å²) >= 11 is 0. The van der Waals surface area contributed by atoms with Crippen LogP contribution in [0.1, 0.15) is 38.3 Å². The SMILES string of the molecule is Cc1cccc(NC(C)CC2CCC2)n1. The second-order valence-corrected chi connectivity index (χ2v) is 4.74. The number of hydrogen-bond donors (Lipinski definition) is 1. The van der Waals surface area contributed by atoms with E-state index in [1.54, 1.807) is 0 Å². The molecule has 2 rings (SSSR count). The molecule has 0 radical (unpaired) electrons. The summed E-state index contributed by atoms with van der Waals surface area (Å²) in [6, 6.07) is 6.68. The minimum atomic E-state index is 0.546. The molecular formula is C13H20N2. The fourth-order valence-electron chi connectivity index (χ4n) is 2.16. The summed E-state index contributed by atoms with van der Waals surface area (Å²) in [5, 5.41) is 3.47. The zero-order chi connectivity index (χ0) is 10.7. The molecule has 1 heterocycles.